The zero-order valence-electron chi connectivity index (χ0n) is 14.4. The third-order valence-electron chi connectivity index (χ3n) is 4.16. The zero-order chi connectivity index (χ0) is 19.7. The fraction of sp³-hybridized carbons (Fsp3) is 0.167. The van der Waals surface area contributed by atoms with Crippen LogP contribution >= 0.6 is 35.0 Å². The molecule has 0 bridgehead atoms. The number of hydrogen-bond acceptors (Lipinski definition) is 5. The monoisotopic (exact) mass is 437 g/mol. The highest BCUT2D eigenvalue weighted by Crippen LogP contribution is 2.32. The molecule has 0 saturated carbocycles. The molecule has 1 N–H and O–H groups in total. The molecule has 144 valence electrons. The number of carbonyl (C=O) groups is 1. The molecule has 2 aromatic carbocycles. The summed E-state index contributed by atoms with van der Waals surface area (Å²) in [5, 5.41) is 12.6. The molecular formula is C18H14Cl2FN5OS. The van der Waals surface area contributed by atoms with Gasteiger partial charge in [0.25, 0.3) is 0 Å². The topological polar surface area (TPSA) is 63.1 Å². The lowest BCUT2D eigenvalue weighted by atomic mass is 10.3. The van der Waals surface area contributed by atoms with Crippen LogP contribution in [0.5, 0.6) is 0 Å². The van der Waals surface area contributed by atoms with Crippen molar-refractivity contribution >= 4 is 58.2 Å². The van der Waals surface area contributed by atoms with E-state index in [0.717, 1.165) is 5.69 Å². The maximum Gasteiger partial charge on any atom is 0.234 e. The second-order valence-electron chi connectivity index (χ2n) is 6.03. The summed E-state index contributed by atoms with van der Waals surface area (Å²) in [5.41, 5.74) is 1.43. The van der Waals surface area contributed by atoms with Crippen molar-refractivity contribution in [3.05, 3.63) is 58.3 Å². The van der Waals surface area contributed by atoms with E-state index in [-0.39, 0.29) is 17.5 Å². The first kappa shape index (κ1) is 19.0. The molecule has 10 heteroatoms. The van der Waals surface area contributed by atoms with E-state index in [0.29, 0.717) is 39.9 Å². The van der Waals surface area contributed by atoms with Crippen LogP contribution in [0.3, 0.4) is 0 Å². The van der Waals surface area contributed by atoms with Gasteiger partial charge in [-0.3, -0.25) is 9.36 Å². The molecule has 0 unspecified atom stereocenters. The summed E-state index contributed by atoms with van der Waals surface area (Å²) in [7, 11) is 0. The molecule has 1 aromatic heterocycles. The molecule has 2 heterocycles. The number of amides is 1. The van der Waals surface area contributed by atoms with Crippen LogP contribution < -0.4 is 10.2 Å². The maximum absolute atomic E-state index is 13.1. The molecule has 0 radical (unpaired) electrons. The molecule has 0 saturated heterocycles. The van der Waals surface area contributed by atoms with Crippen LogP contribution in [0.2, 0.25) is 10.0 Å². The Labute approximate surface area is 174 Å². The maximum atomic E-state index is 13.1. The van der Waals surface area contributed by atoms with Crippen molar-refractivity contribution in [2.24, 2.45) is 0 Å². The SMILES string of the molecule is O=C(CSc1nnc2n1CCN2c1ccc(F)cc1)Nc1ccc(Cl)c(Cl)c1. The Kier molecular flexibility index (Phi) is 5.43. The van der Waals surface area contributed by atoms with E-state index < -0.39 is 0 Å². The normalized spacial score (nSPS) is 12.9. The number of carbonyl (C=O) groups excluding carboxylic acids is 1. The zero-order valence-corrected chi connectivity index (χ0v) is 16.7. The van der Waals surface area contributed by atoms with Gasteiger partial charge in [-0.1, -0.05) is 35.0 Å². The molecule has 6 nitrogen and oxygen atoms in total. The minimum Gasteiger partial charge on any atom is -0.325 e. The Morgan fingerprint density at radius 2 is 1.89 bits per heavy atom. The quantitative estimate of drug-likeness (QED) is 0.590. The summed E-state index contributed by atoms with van der Waals surface area (Å²) in [4.78, 5) is 14.2. The number of fused-ring (bicyclic) bond motifs is 1. The molecule has 28 heavy (non-hydrogen) atoms. The van der Waals surface area contributed by atoms with Crippen LogP contribution in [0, 0.1) is 5.82 Å². The van der Waals surface area contributed by atoms with Gasteiger partial charge in [0.2, 0.25) is 11.9 Å². The summed E-state index contributed by atoms with van der Waals surface area (Å²) in [6.07, 6.45) is 0. The van der Waals surface area contributed by atoms with Crippen LogP contribution in [0.1, 0.15) is 0 Å². The lowest BCUT2D eigenvalue weighted by molar-refractivity contribution is -0.113. The van der Waals surface area contributed by atoms with Crippen LogP contribution in [0.25, 0.3) is 0 Å². The van der Waals surface area contributed by atoms with Crippen LogP contribution in [-0.2, 0) is 11.3 Å². The summed E-state index contributed by atoms with van der Waals surface area (Å²) in [6.45, 7) is 1.40. The first-order valence-corrected chi connectivity index (χ1v) is 10.1. The van der Waals surface area contributed by atoms with Crippen LogP contribution in [-0.4, -0.2) is 33.0 Å². The molecule has 4 rings (SSSR count). The lowest BCUT2D eigenvalue weighted by Gasteiger charge is -2.14. The Bertz CT molecular complexity index is 1030. The molecule has 0 fully saturated rings. The lowest BCUT2D eigenvalue weighted by Crippen LogP contribution is -2.14. The van der Waals surface area contributed by atoms with Crippen molar-refractivity contribution in [3.8, 4) is 0 Å². The average Bonchev–Trinajstić information content (AvgIpc) is 3.26. The van der Waals surface area contributed by atoms with Gasteiger partial charge in [-0.05, 0) is 42.5 Å². The van der Waals surface area contributed by atoms with Crippen molar-refractivity contribution < 1.29 is 9.18 Å². The van der Waals surface area contributed by atoms with Gasteiger partial charge in [-0.25, -0.2) is 4.39 Å². The van der Waals surface area contributed by atoms with Crippen molar-refractivity contribution in [2.45, 2.75) is 11.7 Å². The number of nitrogens with one attached hydrogen (secondary N) is 1. The van der Waals surface area contributed by atoms with Gasteiger partial charge in [0.1, 0.15) is 5.82 Å². The molecule has 1 aliphatic rings. The minimum absolute atomic E-state index is 0.176. The first-order valence-electron chi connectivity index (χ1n) is 8.35. The average molecular weight is 438 g/mol. The minimum atomic E-state index is -0.284. The number of anilines is 3. The van der Waals surface area contributed by atoms with Gasteiger partial charge in [-0.15, -0.1) is 10.2 Å². The van der Waals surface area contributed by atoms with Crippen LogP contribution in [0.4, 0.5) is 21.7 Å². The second-order valence-corrected chi connectivity index (χ2v) is 7.78. The Morgan fingerprint density at radius 3 is 2.64 bits per heavy atom. The van der Waals surface area contributed by atoms with E-state index in [1.807, 2.05) is 9.47 Å². The molecule has 1 amide bonds. The Balaban J connectivity index is 1.40. The number of nitrogens with zero attached hydrogens (tertiary/aromatic N) is 4. The predicted octanol–water partition coefficient (Wildman–Crippen LogP) is 4.61. The standard InChI is InChI=1S/C18H14Cl2FN5OS/c19-14-6-3-12(9-15(14)20)22-16(27)10-28-18-24-23-17-25(7-8-26(17)18)13-4-1-11(21)2-5-13/h1-6,9H,7-8,10H2,(H,22,27). The molecule has 0 atom stereocenters. The van der Waals surface area contributed by atoms with Crippen molar-refractivity contribution in [1.82, 2.24) is 14.8 Å². The highest BCUT2D eigenvalue weighted by molar-refractivity contribution is 7.99. The number of halogens is 3. The van der Waals surface area contributed by atoms with Crippen molar-refractivity contribution in [1.29, 1.82) is 0 Å². The molecule has 0 spiro atoms. The summed E-state index contributed by atoms with van der Waals surface area (Å²) >= 11 is 13.1. The number of rotatable bonds is 5. The second kappa shape index (κ2) is 7.98. The van der Waals surface area contributed by atoms with E-state index in [2.05, 4.69) is 15.5 Å². The van der Waals surface area contributed by atoms with E-state index in [1.54, 1.807) is 30.3 Å². The van der Waals surface area contributed by atoms with Gasteiger partial charge in [0.15, 0.2) is 5.16 Å². The summed E-state index contributed by atoms with van der Waals surface area (Å²) in [5.74, 6) is 0.385. The highest BCUT2D eigenvalue weighted by Gasteiger charge is 2.26. The third kappa shape index (κ3) is 3.94. The molecular weight excluding hydrogens is 424 g/mol. The molecule has 3 aromatic rings. The van der Waals surface area contributed by atoms with E-state index >= 15 is 0 Å². The van der Waals surface area contributed by atoms with Crippen LogP contribution in [0.15, 0.2) is 47.6 Å². The number of thioether (sulfide) groups is 1. The van der Waals surface area contributed by atoms with Gasteiger partial charge in [0, 0.05) is 24.5 Å². The highest BCUT2D eigenvalue weighted by atomic mass is 35.5. The summed E-state index contributed by atoms with van der Waals surface area (Å²) < 4.78 is 15.1. The number of hydrogen-bond donors (Lipinski definition) is 1. The fourth-order valence-corrected chi connectivity index (χ4v) is 3.91. The number of aromatic nitrogens is 3. The Hall–Kier alpha value is -2.29. The van der Waals surface area contributed by atoms with Crippen molar-refractivity contribution in [2.75, 3.05) is 22.5 Å². The van der Waals surface area contributed by atoms with Gasteiger partial charge in [0.05, 0.1) is 15.8 Å². The first-order chi connectivity index (χ1) is 13.5. The van der Waals surface area contributed by atoms with Gasteiger partial charge >= 0.3 is 0 Å². The van der Waals surface area contributed by atoms with E-state index in [9.17, 15) is 9.18 Å². The smallest absolute Gasteiger partial charge is 0.234 e. The molecule has 1 aliphatic heterocycles. The summed E-state index contributed by atoms with van der Waals surface area (Å²) in [6, 6.07) is 11.2. The van der Waals surface area contributed by atoms with E-state index in [1.165, 1.54) is 23.9 Å². The predicted molar refractivity (Wildman–Crippen MR) is 109 cm³/mol. The van der Waals surface area contributed by atoms with E-state index in [4.69, 9.17) is 23.2 Å². The van der Waals surface area contributed by atoms with Gasteiger partial charge in [-0.2, -0.15) is 0 Å². The van der Waals surface area contributed by atoms with Crippen molar-refractivity contribution in [3.63, 3.8) is 0 Å². The largest absolute Gasteiger partial charge is 0.325 e. The fourth-order valence-electron chi connectivity index (χ4n) is 2.85. The molecule has 0 aliphatic carbocycles. The van der Waals surface area contributed by atoms with Gasteiger partial charge < -0.3 is 10.2 Å². The Morgan fingerprint density at radius 1 is 1.11 bits per heavy atom. The third-order valence-corrected chi connectivity index (χ3v) is 5.87. The number of benzene rings is 2.